The van der Waals surface area contributed by atoms with Crippen LogP contribution in [0.5, 0.6) is 0 Å². The highest BCUT2D eigenvalue weighted by Gasteiger charge is 2.19. The van der Waals surface area contributed by atoms with Crippen molar-refractivity contribution in [1.29, 1.82) is 0 Å². The Kier molecular flexibility index (Phi) is 2.93. The second-order valence-corrected chi connectivity index (χ2v) is 6.24. The van der Waals surface area contributed by atoms with E-state index in [2.05, 4.69) is 15.1 Å². The van der Waals surface area contributed by atoms with E-state index < -0.39 is 0 Å². The van der Waals surface area contributed by atoms with E-state index >= 15 is 0 Å². The molecule has 5 nitrogen and oxygen atoms in total. The van der Waals surface area contributed by atoms with Crippen LogP contribution < -0.4 is 5.56 Å². The third-order valence-electron chi connectivity index (χ3n) is 4.34. The van der Waals surface area contributed by atoms with Crippen LogP contribution in [0, 0.1) is 0 Å². The van der Waals surface area contributed by atoms with Gasteiger partial charge in [0.2, 0.25) is 0 Å². The summed E-state index contributed by atoms with van der Waals surface area (Å²) in [6.07, 6.45) is 3.37. The van der Waals surface area contributed by atoms with E-state index in [0.717, 1.165) is 21.8 Å². The number of pyridine rings is 2. The Morgan fingerprint density at radius 2 is 1.92 bits per heavy atom. The van der Waals surface area contributed by atoms with Crippen LogP contribution in [0.2, 0.25) is 5.02 Å². The number of fused-ring (bicyclic) bond motifs is 4. The first kappa shape index (κ1) is 14.2. The molecule has 0 fully saturated rings. The SMILES string of the molecule is O=c1c2c[nH]c3ccccc3c-2nn1-c1ccnc2cc(Cl)ccc12. The molecular weight excluding hydrogens is 336 g/mol. The number of nitrogens with one attached hydrogen (secondary N) is 1. The lowest BCUT2D eigenvalue weighted by molar-refractivity contribution is 0.864. The molecule has 6 heteroatoms. The first-order valence-electron chi connectivity index (χ1n) is 7.76. The van der Waals surface area contributed by atoms with Gasteiger partial charge in [-0.1, -0.05) is 29.8 Å². The van der Waals surface area contributed by atoms with Gasteiger partial charge in [-0.2, -0.15) is 9.78 Å². The third-order valence-corrected chi connectivity index (χ3v) is 4.58. The van der Waals surface area contributed by atoms with Gasteiger partial charge in [-0.3, -0.25) is 9.78 Å². The molecule has 0 unspecified atom stereocenters. The van der Waals surface area contributed by atoms with Crippen molar-refractivity contribution in [2.24, 2.45) is 0 Å². The molecule has 0 saturated carbocycles. The quantitative estimate of drug-likeness (QED) is 0.498. The van der Waals surface area contributed by atoms with Gasteiger partial charge in [0.25, 0.3) is 5.56 Å². The average molecular weight is 347 g/mol. The van der Waals surface area contributed by atoms with Crippen LogP contribution in [0.25, 0.3) is 38.8 Å². The van der Waals surface area contributed by atoms with E-state index in [1.54, 1.807) is 30.6 Å². The van der Waals surface area contributed by atoms with Crippen LogP contribution in [0.15, 0.2) is 65.7 Å². The topological polar surface area (TPSA) is 63.6 Å². The van der Waals surface area contributed by atoms with Crippen LogP contribution in [0.4, 0.5) is 0 Å². The molecule has 1 N–H and O–H groups in total. The Bertz CT molecular complexity index is 1290. The first-order chi connectivity index (χ1) is 12.2. The molecule has 2 aromatic carbocycles. The zero-order valence-corrected chi connectivity index (χ0v) is 13.7. The molecule has 0 spiro atoms. The van der Waals surface area contributed by atoms with Crippen molar-refractivity contribution in [3.8, 4) is 16.9 Å². The minimum absolute atomic E-state index is 0.167. The lowest BCUT2D eigenvalue weighted by Gasteiger charge is -2.05. The molecule has 0 atom stereocenters. The molecule has 5 rings (SSSR count). The van der Waals surface area contributed by atoms with Crippen molar-refractivity contribution in [2.45, 2.75) is 0 Å². The summed E-state index contributed by atoms with van der Waals surface area (Å²) in [4.78, 5) is 20.4. The van der Waals surface area contributed by atoms with Crippen LogP contribution in [0.3, 0.4) is 0 Å². The number of halogens is 1. The van der Waals surface area contributed by atoms with Gasteiger partial charge in [-0.15, -0.1) is 0 Å². The molecule has 0 saturated heterocycles. The number of hydrogen-bond acceptors (Lipinski definition) is 3. The molecule has 0 amide bonds. The van der Waals surface area contributed by atoms with Gasteiger partial charge < -0.3 is 4.98 Å². The largest absolute Gasteiger partial charge is 0.360 e. The van der Waals surface area contributed by atoms with Gasteiger partial charge in [-0.25, -0.2) is 0 Å². The number of H-pyrrole nitrogens is 1. The fourth-order valence-electron chi connectivity index (χ4n) is 3.16. The fraction of sp³-hybridized carbons (Fsp3) is 0. The maximum atomic E-state index is 12.9. The van der Waals surface area contributed by atoms with Gasteiger partial charge in [0.05, 0.1) is 16.8 Å². The molecule has 0 bridgehead atoms. The van der Waals surface area contributed by atoms with E-state index in [4.69, 9.17) is 11.6 Å². The van der Waals surface area contributed by atoms with Crippen molar-refractivity contribution >= 4 is 33.4 Å². The molecule has 3 aromatic rings. The zero-order valence-electron chi connectivity index (χ0n) is 12.9. The van der Waals surface area contributed by atoms with Gasteiger partial charge >= 0.3 is 0 Å². The Balaban J connectivity index is 1.88. The summed E-state index contributed by atoms with van der Waals surface area (Å²) >= 11 is 6.05. The van der Waals surface area contributed by atoms with E-state index in [1.165, 1.54) is 4.68 Å². The molecular formula is C19H11ClN4O. The number of benzene rings is 2. The van der Waals surface area contributed by atoms with Crippen LogP contribution in [-0.2, 0) is 0 Å². The Labute approximate surface area is 146 Å². The summed E-state index contributed by atoms with van der Waals surface area (Å²) in [6.45, 7) is 0. The first-order valence-corrected chi connectivity index (χ1v) is 8.14. The monoisotopic (exact) mass is 346 g/mol. The van der Waals surface area contributed by atoms with Crippen molar-refractivity contribution in [3.63, 3.8) is 0 Å². The fourth-order valence-corrected chi connectivity index (χ4v) is 3.33. The maximum Gasteiger partial charge on any atom is 0.282 e. The summed E-state index contributed by atoms with van der Waals surface area (Å²) in [6, 6.07) is 15.0. The highest BCUT2D eigenvalue weighted by Crippen LogP contribution is 2.28. The van der Waals surface area contributed by atoms with Crippen LogP contribution >= 0.6 is 11.6 Å². The van der Waals surface area contributed by atoms with Crippen molar-refractivity contribution < 1.29 is 0 Å². The second-order valence-electron chi connectivity index (χ2n) is 5.81. The standard InChI is InChI=1S/C19H11ClN4O/c20-11-5-6-12-16(9-11)21-8-7-17(12)24-19(25)14-10-22-15-4-2-1-3-13(15)18(14)23-24/h1-10,22H. The molecule has 2 aliphatic rings. The van der Waals surface area contributed by atoms with E-state index in [9.17, 15) is 4.79 Å². The van der Waals surface area contributed by atoms with Crippen molar-refractivity contribution in [2.75, 3.05) is 0 Å². The summed E-state index contributed by atoms with van der Waals surface area (Å²) in [5.41, 5.74) is 3.41. The molecule has 1 aromatic heterocycles. The van der Waals surface area contributed by atoms with E-state index in [1.807, 2.05) is 30.3 Å². The molecule has 120 valence electrons. The molecule has 2 aliphatic heterocycles. The number of para-hydroxylation sites is 1. The summed E-state index contributed by atoms with van der Waals surface area (Å²) in [7, 11) is 0. The third kappa shape index (κ3) is 2.06. The highest BCUT2D eigenvalue weighted by atomic mass is 35.5. The second kappa shape index (κ2) is 5.16. The number of hydrogen-bond donors (Lipinski definition) is 1. The van der Waals surface area contributed by atoms with Gasteiger partial charge in [-0.05, 0) is 30.3 Å². The molecule has 0 radical (unpaired) electrons. The number of rotatable bonds is 1. The summed E-state index contributed by atoms with van der Waals surface area (Å²) < 4.78 is 1.43. The van der Waals surface area contributed by atoms with Crippen molar-refractivity contribution in [3.05, 3.63) is 76.3 Å². The summed E-state index contributed by atoms with van der Waals surface area (Å²) in [5, 5.41) is 6.95. The lowest BCUT2D eigenvalue weighted by atomic mass is 10.1. The Morgan fingerprint density at radius 3 is 2.84 bits per heavy atom. The van der Waals surface area contributed by atoms with Crippen LogP contribution in [-0.4, -0.2) is 19.7 Å². The normalized spacial score (nSPS) is 11.6. The van der Waals surface area contributed by atoms with Gasteiger partial charge in [0.1, 0.15) is 5.69 Å². The van der Waals surface area contributed by atoms with Gasteiger partial charge in [0.15, 0.2) is 0 Å². The van der Waals surface area contributed by atoms with E-state index in [0.29, 0.717) is 22.0 Å². The van der Waals surface area contributed by atoms with Crippen LogP contribution in [0.1, 0.15) is 0 Å². The minimum atomic E-state index is -0.167. The molecule has 0 aliphatic carbocycles. The van der Waals surface area contributed by atoms with Crippen molar-refractivity contribution in [1.82, 2.24) is 19.7 Å². The smallest absolute Gasteiger partial charge is 0.282 e. The maximum absolute atomic E-state index is 12.9. The Morgan fingerprint density at radius 1 is 1.04 bits per heavy atom. The minimum Gasteiger partial charge on any atom is -0.360 e. The lowest BCUT2D eigenvalue weighted by Crippen LogP contribution is -2.15. The summed E-state index contributed by atoms with van der Waals surface area (Å²) in [5.74, 6) is 0. The average Bonchev–Trinajstić information content (AvgIpc) is 2.98. The highest BCUT2D eigenvalue weighted by molar-refractivity contribution is 6.31. The zero-order chi connectivity index (χ0) is 17.0. The molecule has 25 heavy (non-hydrogen) atoms. The number of aromatic amines is 1. The predicted molar refractivity (Wildman–Crippen MR) is 98.6 cm³/mol. The van der Waals surface area contributed by atoms with Gasteiger partial charge in [0, 0.05) is 33.7 Å². The Hall–Kier alpha value is -3.18. The number of nitrogens with zero attached hydrogens (tertiary/aromatic N) is 3. The molecule has 3 heterocycles. The predicted octanol–water partition coefficient (Wildman–Crippen LogP) is 4.02. The van der Waals surface area contributed by atoms with E-state index in [-0.39, 0.29) is 5.56 Å². The number of aromatic nitrogens is 4.